The number of benzene rings is 3. The molecule has 1 aromatic heterocycles. The summed E-state index contributed by atoms with van der Waals surface area (Å²) in [6.45, 7) is 0. The number of fused-ring (bicyclic) bond motifs is 1. The normalized spacial score (nSPS) is 10.7. The molecular weight excluding hydrogens is 466 g/mol. The van der Waals surface area contributed by atoms with E-state index in [4.69, 9.17) is 12.2 Å². The van der Waals surface area contributed by atoms with Gasteiger partial charge in [-0.15, -0.1) is 11.3 Å². The Labute approximate surface area is 186 Å². The Kier molecular flexibility index (Phi) is 5.99. The smallest absolute Gasteiger partial charge is 0.257 e. The molecule has 0 saturated heterocycles. The highest BCUT2D eigenvalue weighted by molar-refractivity contribution is 9.10. The molecule has 3 aromatic carbocycles. The summed E-state index contributed by atoms with van der Waals surface area (Å²) < 4.78 is 2.04. The molecule has 0 bridgehead atoms. The van der Waals surface area contributed by atoms with Crippen LogP contribution in [-0.4, -0.2) is 16.0 Å². The first-order chi connectivity index (χ1) is 14.1. The minimum absolute atomic E-state index is 0.253. The van der Waals surface area contributed by atoms with Crippen LogP contribution >= 0.6 is 39.5 Å². The molecule has 4 rings (SSSR count). The van der Waals surface area contributed by atoms with Gasteiger partial charge in [-0.25, -0.2) is 4.98 Å². The number of hydrogen-bond acceptors (Lipinski definition) is 4. The van der Waals surface area contributed by atoms with Crippen LogP contribution in [0.3, 0.4) is 0 Å². The third-order valence-corrected chi connectivity index (χ3v) is 5.95. The molecule has 144 valence electrons. The van der Waals surface area contributed by atoms with Crippen LogP contribution in [0.15, 0.2) is 77.3 Å². The van der Waals surface area contributed by atoms with Crippen molar-refractivity contribution < 1.29 is 4.79 Å². The van der Waals surface area contributed by atoms with E-state index < -0.39 is 0 Å². The zero-order valence-electron chi connectivity index (χ0n) is 15.2. The molecule has 0 aliphatic rings. The topological polar surface area (TPSA) is 54.0 Å². The summed E-state index contributed by atoms with van der Waals surface area (Å²) in [5.41, 5.74) is 3.56. The molecule has 7 heteroatoms. The maximum absolute atomic E-state index is 12.3. The molecule has 0 radical (unpaired) electrons. The highest BCUT2D eigenvalue weighted by Gasteiger charge is 2.09. The first-order valence-corrected chi connectivity index (χ1v) is 10.9. The van der Waals surface area contributed by atoms with Crippen molar-refractivity contribution in [3.63, 3.8) is 0 Å². The Morgan fingerprint density at radius 1 is 1.03 bits per heavy atom. The molecule has 0 aliphatic heterocycles. The van der Waals surface area contributed by atoms with Crippen LogP contribution in [0.1, 0.15) is 20.9 Å². The lowest BCUT2D eigenvalue weighted by atomic mass is 10.1. The fourth-order valence-electron chi connectivity index (χ4n) is 2.84. The van der Waals surface area contributed by atoms with E-state index >= 15 is 0 Å². The summed E-state index contributed by atoms with van der Waals surface area (Å²) in [6.07, 6.45) is 0.781. The van der Waals surface area contributed by atoms with Gasteiger partial charge in [-0.1, -0.05) is 46.3 Å². The van der Waals surface area contributed by atoms with Crippen molar-refractivity contribution in [1.82, 2.24) is 10.3 Å². The number of carbonyl (C=O) groups is 1. The van der Waals surface area contributed by atoms with Crippen LogP contribution in [-0.2, 0) is 6.42 Å². The van der Waals surface area contributed by atoms with E-state index in [0.29, 0.717) is 5.56 Å². The average Bonchev–Trinajstić information content (AvgIpc) is 3.11. The SMILES string of the molecule is O=C(NC(=S)Nc1ccc(Cc2nc3ccccc3s2)cc1)c1cccc(Br)c1. The second kappa shape index (κ2) is 8.82. The predicted molar refractivity (Wildman–Crippen MR) is 127 cm³/mol. The Hall–Kier alpha value is -2.61. The van der Waals surface area contributed by atoms with E-state index in [9.17, 15) is 4.79 Å². The summed E-state index contributed by atoms with van der Waals surface area (Å²) in [7, 11) is 0. The Morgan fingerprint density at radius 3 is 2.59 bits per heavy atom. The van der Waals surface area contributed by atoms with Gasteiger partial charge in [0.05, 0.1) is 15.2 Å². The number of thiazole rings is 1. The lowest BCUT2D eigenvalue weighted by Gasteiger charge is -2.10. The molecule has 4 aromatic rings. The van der Waals surface area contributed by atoms with Gasteiger partial charge in [0, 0.05) is 22.1 Å². The van der Waals surface area contributed by atoms with Crippen molar-refractivity contribution in [2.24, 2.45) is 0 Å². The lowest BCUT2D eigenvalue weighted by Crippen LogP contribution is -2.34. The highest BCUT2D eigenvalue weighted by Crippen LogP contribution is 2.24. The molecule has 29 heavy (non-hydrogen) atoms. The second-order valence-corrected chi connectivity index (χ2v) is 8.81. The standard InChI is InChI=1S/C22H16BrN3OS2/c23-16-5-3-4-15(13-16)21(27)26-22(28)24-17-10-8-14(9-11-17)12-20-25-18-6-1-2-7-19(18)29-20/h1-11,13H,12H2,(H2,24,26,27,28). The average molecular weight is 482 g/mol. The third kappa shape index (κ3) is 5.06. The molecule has 1 heterocycles. The van der Waals surface area contributed by atoms with Gasteiger partial charge in [-0.3, -0.25) is 10.1 Å². The quantitative estimate of drug-likeness (QED) is 0.363. The Bertz CT molecular complexity index is 1160. The van der Waals surface area contributed by atoms with Gasteiger partial charge in [-0.2, -0.15) is 0 Å². The molecular formula is C22H16BrN3OS2. The zero-order valence-corrected chi connectivity index (χ0v) is 18.4. The number of carbonyl (C=O) groups excluding carboxylic acids is 1. The molecule has 0 atom stereocenters. The summed E-state index contributed by atoms with van der Waals surface area (Å²) in [6, 6.07) is 23.3. The van der Waals surface area contributed by atoms with E-state index in [1.54, 1.807) is 29.5 Å². The number of hydrogen-bond donors (Lipinski definition) is 2. The molecule has 0 aliphatic carbocycles. The molecule has 1 amide bonds. The minimum Gasteiger partial charge on any atom is -0.332 e. The number of halogens is 1. The molecule has 0 spiro atoms. The summed E-state index contributed by atoms with van der Waals surface area (Å²) in [5, 5.41) is 7.08. The predicted octanol–water partition coefficient (Wildman–Crippen LogP) is 5.78. The molecule has 0 saturated carbocycles. The number of anilines is 1. The van der Waals surface area contributed by atoms with Crippen molar-refractivity contribution in [3.8, 4) is 0 Å². The van der Waals surface area contributed by atoms with Crippen molar-refractivity contribution >= 4 is 66.4 Å². The van der Waals surface area contributed by atoms with Crippen molar-refractivity contribution in [2.75, 3.05) is 5.32 Å². The number of nitrogens with zero attached hydrogens (tertiary/aromatic N) is 1. The van der Waals surface area contributed by atoms with E-state index in [1.807, 2.05) is 48.5 Å². The van der Waals surface area contributed by atoms with Crippen LogP contribution < -0.4 is 10.6 Å². The Balaban J connectivity index is 1.36. The maximum atomic E-state index is 12.3. The van der Waals surface area contributed by atoms with Crippen molar-refractivity contribution in [1.29, 1.82) is 0 Å². The number of aromatic nitrogens is 1. The fourth-order valence-corrected chi connectivity index (χ4v) is 4.45. The van der Waals surface area contributed by atoms with Crippen LogP contribution in [0.25, 0.3) is 10.2 Å². The van der Waals surface area contributed by atoms with Gasteiger partial charge in [-0.05, 0) is 60.2 Å². The summed E-state index contributed by atoms with van der Waals surface area (Å²) in [4.78, 5) is 16.9. The fraction of sp³-hybridized carbons (Fsp3) is 0.0455. The van der Waals surface area contributed by atoms with Crippen LogP contribution in [0, 0.1) is 0 Å². The largest absolute Gasteiger partial charge is 0.332 e. The van der Waals surface area contributed by atoms with Crippen molar-refractivity contribution in [3.05, 3.63) is 93.4 Å². The zero-order chi connectivity index (χ0) is 20.2. The highest BCUT2D eigenvalue weighted by atomic mass is 79.9. The lowest BCUT2D eigenvalue weighted by molar-refractivity contribution is 0.0977. The van der Waals surface area contributed by atoms with Gasteiger partial charge in [0.15, 0.2) is 5.11 Å². The van der Waals surface area contributed by atoms with Gasteiger partial charge < -0.3 is 5.32 Å². The van der Waals surface area contributed by atoms with Crippen LogP contribution in [0.5, 0.6) is 0 Å². The van der Waals surface area contributed by atoms with E-state index in [0.717, 1.165) is 27.1 Å². The van der Waals surface area contributed by atoms with Gasteiger partial charge in [0.25, 0.3) is 5.91 Å². The van der Waals surface area contributed by atoms with E-state index in [-0.39, 0.29) is 11.0 Å². The van der Waals surface area contributed by atoms with E-state index in [1.165, 1.54) is 10.3 Å². The minimum atomic E-state index is -0.253. The number of thiocarbonyl (C=S) groups is 1. The maximum Gasteiger partial charge on any atom is 0.257 e. The molecule has 0 unspecified atom stereocenters. The first kappa shape index (κ1) is 19.7. The Morgan fingerprint density at radius 2 is 1.83 bits per heavy atom. The van der Waals surface area contributed by atoms with Gasteiger partial charge in [0.2, 0.25) is 0 Å². The number of para-hydroxylation sites is 1. The number of amides is 1. The van der Waals surface area contributed by atoms with E-state index in [2.05, 4.69) is 37.6 Å². The number of nitrogens with one attached hydrogen (secondary N) is 2. The molecule has 0 fully saturated rings. The summed E-state index contributed by atoms with van der Waals surface area (Å²) in [5.74, 6) is -0.253. The monoisotopic (exact) mass is 481 g/mol. The molecule has 4 nitrogen and oxygen atoms in total. The molecule has 2 N–H and O–H groups in total. The summed E-state index contributed by atoms with van der Waals surface area (Å²) >= 11 is 10.3. The number of rotatable bonds is 4. The van der Waals surface area contributed by atoms with Crippen LogP contribution in [0.2, 0.25) is 0 Å². The second-order valence-electron chi connectivity index (χ2n) is 6.37. The first-order valence-electron chi connectivity index (χ1n) is 8.88. The van der Waals surface area contributed by atoms with Crippen LogP contribution in [0.4, 0.5) is 5.69 Å². The third-order valence-electron chi connectivity index (χ3n) is 4.22. The van der Waals surface area contributed by atoms with Gasteiger partial charge in [0.1, 0.15) is 0 Å². The van der Waals surface area contributed by atoms with Crippen molar-refractivity contribution in [2.45, 2.75) is 6.42 Å². The van der Waals surface area contributed by atoms with Gasteiger partial charge >= 0.3 is 0 Å².